The molecule has 1 aliphatic rings. The second-order valence-corrected chi connectivity index (χ2v) is 8.32. The Kier molecular flexibility index (Phi) is 4.84. The standard InChI is InChI=1S/C19H20N4OS2/c1-22(2)11-12-24-21-16-14-5-4-10-23(14)17-15(13-6-8-20-9-7-13)19(25-3)26-18(16)17/h4-10H,11-12H2,1-3H3. The summed E-state index contributed by atoms with van der Waals surface area (Å²) in [6, 6.07) is 8.28. The van der Waals surface area contributed by atoms with Crippen molar-refractivity contribution in [3.8, 4) is 16.8 Å². The highest BCUT2D eigenvalue weighted by Gasteiger charge is 2.32. The van der Waals surface area contributed by atoms with E-state index in [2.05, 4.69) is 56.3 Å². The molecule has 7 heteroatoms. The van der Waals surface area contributed by atoms with E-state index in [0.29, 0.717) is 6.61 Å². The number of fused-ring (bicyclic) bond motifs is 3. The third-order valence-corrected chi connectivity index (χ3v) is 6.54. The quantitative estimate of drug-likeness (QED) is 0.287. The van der Waals surface area contributed by atoms with E-state index in [4.69, 9.17) is 4.84 Å². The summed E-state index contributed by atoms with van der Waals surface area (Å²) in [5.41, 5.74) is 5.62. The average molecular weight is 385 g/mol. The van der Waals surface area contributed by atoms with E-state index >= 15 is 0 Å². The largest absolute Gasteiger partial charge is 0.394 e. The summed E-state index contributed by atoms with van der Waals surface area (Å²) in [5.74, 6) is 0. The zero-order valence-electron chi connectivity index (χ0n) is 15.0. The normalized spacial score (nSPS) is 14.1. The molecule has 0 amide bonds. The lowest BCUT2D eigenvalue weighted by molar-refractivity contribution is 0.126. The Hall–Kier alpha value is -2.09. The highest BCUT2D eigenvalue weighted by atomic mass is 32.2. The summed E-state index contributed by atoms with van der Waals surface area (Å²) in [5, 5.41) is 4.49. The molecule has 1 aliphatic heterocycles. The molecule has 0 N–H and O–H groups in total. The number of thiophene rings is 1. The summed E-state index contributed by atoms with van der Waals surface area (Å²) >= 11 is 3.55. The van der Waals surface area contributed by atoms with Gasteiger partial charge < -0.3 is 14.3 Å². The molecule has 5 nitrogen and oxygen atoms in total. The second-order valence-electron chi connectivity index (χ2n) is 6.22. The Morgan fingerprint density at radius 2 is 2.08 bits per heavy atom. The number of likely N-dealkylation sites (N-methyl/N-ethyl adjacent to an activating group) is 1. The molecule has 0 aliphatic carbocycles. The fourth-order valence-electron chi connectivity index (χ4n) is 3.02. The molecule has 0 aromatic carbocycles. The molecule has 0 spiro atoms. The maximum atomic E-state index is 5.62. The second kappa shape index (κ2) is 7.26. The Morgan fingerprint density at radius 1 is 1.27 bits per heavy atom. The molecule has 0 fully saturated rings. The van der Waals surface area contributed by atoms with Crippen LogP contribution in [0.15, 0.2) is 52.2 Å². The number of pyridine rings is 1. The summed E-state index contributed by atoms with van der Waals surface area (Å²) < 4.78 is 3.50. The maximum Gasteiger partial charge on any atom is 0.146 e. The van der Waals surface area contributed by atoms with Gasteiger partial charge in [-0.25, -0.2) is 0 Å². The Morgan fingerprint density at radius 3 is 2.81 bits per heavy atom. The first-order valence-corrected chi connectivity index (χ1v) is 10.4. The van der Waals surface area contributed by atoms with Crippen LogP contribution in [0.25, 0.3) is 16.8 Å². The number of thioether (sulfide) groups is 1. The van der Waals surface area contributed by atoms with Crippen LogP contribution < -0.4 is 0 Å². The molecule has 134 valence electrons. The van der Waals surface area contributed by atoms with E-state index in [9.17, 15) is 0 Å². The minimum atomic E-state index is 0.574. The van der Waals surface area contributed by atoms with Crippen LogP contribution in [0, 0.1) is 0 Å². The van der Waals surface area contributed by atoms with Crippen LogP contribution >= 0.6 is 23.1 Å². The fourth-order valence-corrected chi connectivity index (χ4v) is 5.06. The van der Waals surface area contributed by atoms with Crippen molar-refractivity contribution in [1.29, 1.82) is 0 Å². The molecule has 3 aromatic rings. The third-order valence-electron chi connectivity index (χ3n) is 4.24. The van der Waals surface area contributed by atoms with Crippen molar-refractivity contribution >= 4 is 28.8 Å². The van der Waals surface area contributed by atoms with Gasteiger partial charge in [-0.3, -0.25) is 4.98 Å². The van der Waals surface area contributed by atoms with Crippen LogP contribution in [0.5, 0.6) is 0 Å². The van der Waals surface area contributed by atoms with Gasteiger partial charge >= 0.3 is 0 Å². The van der Waals surface area contributed by atoms with E-state index in [0.717, 1.165) is 18.0 Å². The maximum absolute atomic E-state index is 5.62. The van der Waals surface area contributed by atoms with Crippen LogP contribution in [0.3, 0.4) is 0 Å². The van der Waals surface area contributed by atoms with Gasteiger partial charge in [-0.1, -0.05) is 5.16 Å². The molecule has 0 atom stereocenters. The highest BCUT2D eigenvalue weighted by Crippen LogP contribution is 2.48. The smallest absolute Gasteiger partial charge is 0.146 e. The highest BCUT2D eigenvalue weighted by molar-refractivity contribution is 8.00. The van der Waals surface area contributed by atoms with Gasteiger partial charge in [-0.2, -0.15) is 0 Å². The van der Waals surface area contributed by atoms with E-state index in [1.807, 2.05) is 26.5 Å². The molecule has 26 heavy (non-hydrogen) atoms. The summed E-state index contributed by atoms with van der Waals surface area (Å²) in [6.07, 6.45) is 7.90. The van der Waals surface area contributed by atoms with Crippen molar-refractivity contribution in [3.05, 3.63) is 53.4 Å². The number of hydrogen-bond donors (Lipinski definition) is 0. The van der Waals surface area contributed by atoms with E-state index in [-0.39, 0.29) is 0 Å². The van der Waals surface area contributed by atoms with E-state index < -0.39 is 0 Å². The minimum Gasteiger partial charge on any atom is -0.394 e. The average Bonchev–Trinajstić information content (AvgIpc) is 3.31. The van der Waals surface area contributed by atoms with Crippen LogP contribution in [-0.4, -0.2) is 53.7 Å². The van der Waals surface area contributed by atoms with Gasteiger partial charge in [-0.15, -0.1) is 23.1 Å². The van der Waals surface area contributed by atoms with E-state index in [1.165, 1.54) is 25.9 Å². The lowest BCUT2D eigenvalue weighted by atomic mass is 10.1. The molecular formula is C19H20N4OS2. The third kappa shape index (κ3) is 2.96. The van der Waals surface area contributed by atoms with Crippen molar-refractivity contribution in [2.75, 3.05) is 33.5 Å². The Balaban J connectivity index is 1.80. The Labute approximate surface area is 161 Å². The predicted octanol–water partition coefficient (Wildman–Crippen LogP) is 3.97. The molecule has 0 bridgehead atoms. The molecule has 0 unspecified atom stereocenters. The molecular weight excluding hydrogens is 364 g/mol. The number of oxime groups is 1. The van der Waals surface area contributed by atoms with Gasteiger partial charge in [0.05, 0.1) is 20.5 Å². The van der Waals surface area contributed by atoms with Crippen molar-refractivity contribution in [1.82, 2.24) is 14.5 Å². The topological polar surface area (TPSA) is 42.6 Å². The molecule has 0 saturated carbocycles. The first-order valence-electron chi connectivity index (χ1n) is 8.35. The van der Waals surface area contributed by atoms with Gasteiger partial charge in [-0.05, 0) is 50.2 Å². The van der Waals surface area contributed by atoms with Gasteiger partial charge in [0, 0.05) is 30.7 Å². The first-order chi connectivity index (χ1) is 12.7. The predicted molar refractivity (Wildman–Crippen MR) is 109 cm³/mol. The van der Waals surface area contributed by atoms with Crippen LogP contribution in [0.4, 0.5) is 0 Å². The lowest BCUT2D eigenvalue weighted by Gasteiger charge is -2.08. The van der Waals surface area contributed by atoms with Crippen molar-refractivity contribution < 1.29 is 4.84 Å². The number of nitrogens with zero attached hydrogens (tertiary/aromatic N) is 4. The number of hydrogen-bond acceptors (Lipinski definition) is 6. The van der Waals surface area contributed by atoms with Crippen molar-refractivity contribution in [2.24, 2.45) is 5.16 Å². The van der Waals surface area contributed by atoms with Crippen LogP contribution in [-0.2, 0) is 4.84 Å². The summed E-state index contributed by atoms with van der Waals surface area (Å²) in [4.78, 5) is 13.0. The molecule has 4 heterocycles. The van der Waals surface area contributed by atoms with Crippen LogP contribution in [0.1, 0.15) is 10.6 Å². The van der Waals surface area contributed by atoms with Gasteiger partial charge in [0.25, 0.3) is 0 Å². The number of rotatable bonds is 6. The minimum absolute atomic E-state index is 0.574. The van der Waals surface area contributed by atoms with Gasteiger partial charge in [0.2, 0.25) is 0 Å². The number of aromatic nitrogens is 2. The van der Waals surface area contributed by atoms with E-state index in [1.54, 1.807) is 23.1 Å². The summed E-state index contributed by atoms with van der Waals surface area (Å²) in [6.45, 7) is 1.41. The molecule has 0 saturated heterocycles. The van der Waals surface area contributed by atoms with Crippen molar-refractivity contribution in [3.63, 3.8) is 0 Å². The molecule has 0 radical (unpaired) electrons. The SMILES string of the molecule is CSc1sc2c(c1-c1ccncc1)-n1cccc1C2=NOCCN(C)C. The fraction of sp³-hybridized carbons (Fsp3) is 0.263. The zero-order chi connectivity index (χ0) is 18.1. The Bertz CT molecular complexity index is 944. The van der Waals surface area contributed by atoms with Crippen molar-refractivity contribution in [2.45, 2.75) is 4.21 Å². The monoisotopic (exact) mass is 384 g/mol. The summed E-state index contributed by atoms with van der Waals surface area (Å²) in [7, 11) is 4.06. The molecule has 3 aromatic heterocycles. The lowest BCUT2D eigenvalue weighted by Crippen LogP contribution is -2.17. The van der Waals surface area contributed by atoms with Gasteiger partial charge in [0.15, 0.2) is 0 Å². The molecule has 4 rings (SSSR count). The van der Waals surface area contributed by atoms with Crippen LogP contribution in [0.2, 0.25) is 0 Å². The van der Waals surface area contributed by atoms with Gasteiger partial charge in [0.1, 0.15) is 12.3 Å². The zero-order valence-corrected chi connectivity index (χ0v) is 16.6. The first kappa shape index (κ1) is 17.3.